The number of hydrogen-bond acceptors (Lipinski definition) is 3. The molecule has 1 unspecified atom stereocenters. The molecule has 1 aliphatic heterocycles. The standard InChI is InChI=1S/C19H27N3O3S/c1-3-17(19(23)20-4-2)22-13-10-15-14-16(8-9-18(15)22)26(24,25)21-11-6-5-7-12-21/h8-10,13-14,17H,3-7,11-12H2,1-2H3,(H,20,23). The fraction of sp³-hybridized carbons (Fsp3) is 0.526. The Kier molecular flexibility index (Phi) is 5.67. The van der Waals surface area contributed by atoms with E-state index < -0.39 is 10.0 Å². The first-order valence-electron chi connectivity index (χ1n) is 9.37. The molecule has 0 aliphatic carbocycles. The molecule has 1 atom stereocenters. The van der Waals surface area contributed by atoms with Crippen molar-refractivity contribution in [3.05, 3.63) is 30.5 Å². The molecule has 142 valence electrons. The number of fused-ring (bicyclic) bond motifs is 1. The Bertz CT molecular complexity index is 883. The fourth-order valence-corrected chi connectivity index (χ4v) is 5.18. The van der Waals surface area contributed by atoms with Crippen molar-refractivity contribution in [3.8, 4) is 0 Å². The zero-order valence-corrected chi connectivity index (χ0v) is 16.3. The molecule has 1 saturated heterocycles. The minimum Gasteiger partial charge on any atom is -0.355 e. The number of sulfonamides is 1. The van der Waals surface area contributed by atoms with Gasteiger partial charge >= 0.3 is 0 Å². The summed E-state index contributed by atoms with van der Waals surface area (Å²) in [5.74, 6) is -0.0162. The summed E-state index contributed by atoms with van der Waals surface area (Å²) in [4.78, 5) is 12.6. The van der Waals surface area contributed by atoms with Crippen molar-refractivity contribution in [2.75, 3.05) is 19.6 Å². The van der Waals surface area contributed by atoms with Crippen LogP contribution in [0.5, 0.6) is 0 Å². The fourth-order valence-electron chi connectivity index (χ4n) is 3.63. The molecular formula is C19H27N3O3S. The zero-order valence-electron chi connectivity index (χ0n) is 15.4. The van der Waals surface area contributed by atoms with Crippen molar-refractivity contribution in [2.24, 2.45) is 0 Å². The highest BCUT2D eigenvalue weighted by Crippen LogP contribution is 2.27. The monoisotopic (exact) mass is 377 g/mol. The maximum absolute atomic E-state index is 12.9. The number of nitrogens with zero attached hydrogens (tertiary/aromatic N) is 2. The van der Waals surface area contributed by atoms with Crippen LogP contribution in [-0.4, -0.2) is 42.8 Å². The molecule has 3 rings (SSSR count). The predicted octanol–water partition coefficient (Wildman–Crippen LogP) is 2.90. The van der Waals surface area contributed by atoms with Crippen LogP contribution in [-0.2, 0) is 14.8 Å². The van der Waals surface area contributed by atoms with Crippen molar-refractivity contribution >= 4 is 26.8 Å². The molecule has 1 aliphatic rings. The normalized spacial score (nSPS) is 17.3. The molecule has 1 aromatic carbocycles. The Balaban J connectivity index is 1.95. The SMILES string of the molecule is CCNC(=O)C(CC)n1ccc2cc(S(=O)(=O)N3CCCCC3)ccc21. The molecule has 0 radical (unpaired) electrons. The van der Waals surface area contributed by atoms with Gasteiger partial charge in [0.1, 0.15) is 6.04 Å². The van der Waals surface area contributed by atoms with Crippen LogP contribution in [0.25, 0.3) is 10.9 Å². The molecule has 26 heavy (non-hydrogen) atoms. The second kappa shape index (κ2) is 7.80. The van der Waals surface area contributed by atoms with Crippen LogP contribution in [0.4, 0.5) is 0 Å². The van der Waals surface area contributed by atoms with Gasteiger partial charge in [0.05, 0.1) is 4.90 Å². The largest absolute Gasteiger partial charge is 0.355 e. The molecule has 2 aromatic rings. The number of aromatic nitrogens is 1. The minimum atomic E-state index is -3.45. The van der Waals surface area contributed by atoms with E-state index in [4.69, 9.17) is 0 Å². The van der Waals surface area contributed by atoms with Crippen molar-refractivity contribution in [3.63, 3.8) is 0 Å². The van der Waals surface area contributed by atoms with E-state index in [2.05, 4.69) is 5.32 Å². The Hall–Kier alpha value is -1.86. The summed E-state index contributed by atoms with van der Waals surface area (Å²) in [6, 6.07) is 6.78. The molecule has 1 fully saturated rings. The maximum Gasteiger partial charge on any atom is 0.243 e. The van der Waals surface area contributed by atoms with Crippen molar-refractivity contribution < 1.29 is 13.2 Å². The van der Waals surface area contributed by atoms with Gasteiger partial charge in [-0.25, -0.2) is 8.42 Å². The maximum atomic E-state index is 12.9. The number of benzene rings is 1. The third kappa shape index (κ3) is 3.50. The number of carbonyl (C=O) groups is 1. The van der Waals surface area contributed by atoms with Gasteiger partial charge in [-0.1, -0.05) is 13.3 Å². The summed E-state index contributed by atoms with van der Waals surface area (Å²) in [5, 5.41) is 3.70. The number of piperidine rings is 1. The minimum absolute atomic E-state index is 0.0162. The highest BCUT2D eigenvalue weighted by atomic mass is 32.2. The quantitative estimate of drug-likeness (QED) is 0.841. The molecule has 2 heterocycles. The average Bonchev–Trinajstić information content (AvgIpc) is 3.06. The molecular weight excluding hydrogens is 350 g/mol. The summed E-state index contributed by atoms with van der Waals surface area (Å²) in [6.45, 7) is 5.65. The summed E-state index contributed by atoms with van der Waals surface area (Å²) in [5.41, 5.74) is 0.876. The first kappa shape index (κ1) is 18.9. The van der Waals surface area contributed by atoms with E-state index in [-0.39, 0.29) is 11.9 Å². The Labute approximate surface area is 155 Å². The molecule has 1 aromatic heterocycles. The molecule has 7 heteroatoms. The molecule has 1 N–H and O–H groups in total. The molecule has 0 spiro atoms. The highest BCUT2D eigenvalue weighted by molar-refractivity contribution is 7.89. The number of carbonyl (C=O) groups excluding carboxylic acids is 1. The average molecular weight is 378 g/mol. The second-order valence-electron chi connectivity index (χ2n) is 6.73. The van der Waals surface area contributed by atoms with Gasteiger partial charge in [-0.3, -0.25) is 4.79 Å². The number of nitrogens with one attached hydrogen (secondary N) is 1. The van der Waals surface area contributed by atoms with Crippen LogP contribution >= 0.6 is 0 Å². The third-order valence-corrected chi connectivity index (χ3v) is 6.92. The van der Waals surface area contributed by atoms with Gasteiger partial charge in [0.15, 0.2) is 0 Å². The van der Waals surface area contributed by atoms with E-state index in [0.29, 0.717) is 31.0 Å². The van der Waals surface area contributed by atoms with Gasteiger partial charge in [0.2, 0.25) is 15.9 Å². The van der Waals surface area contributed by atoms with Gasteiger partial charge in [-0.15, -0.1) is 0 Å². The molecule has 1 amide bonds. The number of hydrogen-bond donors (Lipinski definition) is 1. The first-order valence-corrected chi connectivity index (χ1v) is 10.8. The first-order chi connectivity index (χ1) is 12.5. The van der Waals surface area contributed by atoms with Crippen molar-refractivity contribution in [1.82, 2.24) is 14.2 Å². The Morgan fingerprint density at radius 3 is 2.54 bits per heavy atom. The molecule has 0 saturated carbocycles. The van der Waals surface area contributed by atoms with E-state index in [0.717, 1.165) is 30.2 Å². The lowest BCUT2D eigenvalue weighted by Crippen LogP contribution is -2.35. The van der Waals surface area contributed by atoms with E-state index in [9.17, 15) is 13.2 Å². The zero-order chi connectivity index (χ0) is 18.7. The van der Waals surface area contributed by atoms with E-state index in [1.807, 2.05) is 36.7 Å². The van der Waals surface area contributed by atoms with Crippen LogP contribution in [0.15, 0.2) is 35.4 Å². The van der Waals surface area contributed by atoms with Gasteiger partial charge in [0.25, 0.3) is 0 Å². The van der Waals surface area contributed by atoms with E-state index in [1.165, 1.54) is 0 Å². The Morgan fingerprint density at radius 2 is 1.88 bits per heavy atom. The number of amides is 1. The number of rotatable bonds is 6. The van der Waals surface area contributed by atoms with E-state index in [1.54, 1.807) is 16.4 Å². The van der Waals surface area contributed by atoms with Crippen LogP contribution in [0.3, 0.4) is 0 Å². The molecule has 0 bridgehead atoms. The van der Waals surface area contributed by atoms with Crippen molar-refractivity contribution in [2.45, 2.75) is 50.5 Å². The second-order valence-corrected chi connectivity index (χ2v) is 8.66. The van der Waals surface area contributed by atoms with Gasteiger partial charge in [-0.2, -0.15) is 4.31 Å². The molecule has 6 nitrogen and oxygen atoms in total. The number of likely N-dealkylation sites (N-methyl/N-ethyl adjacent to an activating group) is 1. The third-order valence-electron chi connectivity index (χ3n) is 5.02. The van der Waals surface area contributed by atoms with Gasteiger partial charge in [0, 0.05) is 36.7 Å². The van der Waals surface area contributed by atoms with Crippen LogP contribution in [0.1, 0.15) is 45.6 Å². The van der Waals surface area contributed by atoms with E-state index >= 15 is 0 Å². The lowest BCUT2D eigenvalue weighted by Gasteiger charge is -2.26. The summed E-state index contributed by atoms with van der Waals surface area (Å²) < 4.78 is 29.3. The van der Waals surface area contributed by atoms with Crippen LogP contribution in [0, 0.1) is 0 Å². The summed E-state index contributed by atoms with van der Waals surface area (Å²) in [7, 11) is -3.45. The lowest BCUT2D eigenvalue weighted by atomic mass is 10.2. The van der Waals surface area contributed by atoms with Gasteiger partial charge < -0.3 is 9.88 Å². The lowest BCUT2D eigenvalue weighted by molar-refractivity contribution is -0.124. The topological polar surface area (TPSA) is 71.4 Å². The van der Waals surface area contributed by atoms with Crippen LogP contribution < -0.4 is 5.32 Å². The predicted molar refractivity (Wildman–Crippen MR) is 103 cm³/mol. The van der Waals surface area contributed by atoms with Crippen molar-refractivity contribution in [1.29, 1.82) is 0 Å². The van der Waals surface area contributed by atoms with Gasteiger partial charge in [-0.05, 0) is 50.5 Å². The summed E-state index contributed by atoms with van der Waals surface area (Å²) in [6.07, 6.45) is 5.46. The summed E-state index contributed by atoms with van der Waals surface area (Å²) >= 11 is 0. The smallest absolute Gasteiger partial charge is 0.243 e. The Morgan fingerprint density at radius 1 is 1.15 bits per heavy atom. The highest BCUT2D eigenvalue weighted by Gasteiger charge is 2.26. The van der Waals surface area contributed by atoms with Crippen LogP contribution in [0.2, 0.25) is 0 Å².